The first-order chi connectivity index (χ1) is 11.7. The third-order valence-electron chi connectivity index (χ3n) is 4.62. The number of likely N-dealkylation sites (tertiary alicyclic amines) is 1. The smallest absolute Gasteiger partial charge is 0.161 e. The molecule has 0 radical (unpaired) electrons. The lowest BCUT2D eigenvalue weighted by atomic mass is 10.1. The highest BCUT2D eigenvalue weighted by Gasteiger charge is 2.26. The summed E-state index contributed by atoms with van der Waals surface area (Å²) in [5, 5.41) is 0. The number of hydrogen-bond acceptors (Lipinski definition) is 4. The summed E-state index contributed by atoms with van der Waals surface area (Å²) in [4.78, 5) is 2.40. The minimum absolute atomic E-state index is 0. The first-order valence-corrected chi connectivity index (χ1v) is 8.47. The number of rotatable bonds is 6. The number of hydrogen-bond donors (Lipinski definition) is 1. The highest BCUT2D eigenvalue weighted by atomic mass is 35.5. The molecule has 1 fully saturated rings. The fraction of sp³-hybridized carbons (Fsp3) is 0.400. The molecule has 0 spiro atoms. The standard InChI is InChI=1S/C20H26N2O2.ClH/c1-15-11-22(13-18(15)21)12-17-8-9-19(20(10-17)23-2)24-14-16-6-4-3-5-7-16;/h3-10,15,18H,11-14,21H2,1-2H3;1H. The van der Waals surface area contributed by atoms with Crippen molar-refractivity contribution in [1.82, 2.24) is 4.90 Å². The second-order valence-corrected chi connectivity index (χ2v) is 6.59. The topological polar surface area (TPSA) is 47.7 Å². The van der Waals surface area contributed by atoms with Gasteiger partial charge in [0.25, 0.3) is 0 Å². The van der Waals surface area contributed by atoms with E-state index in [1.807, 2.05) is 24.3 Å². The molecule has 1 aliphatic heterocycles. The van der Waals surface area contributed by atoms with Crippen molar-refractivity contribution in [2.75, 3.05) is 20.2 Å². The number of nitrogens with zero attached hydrogens (tertiary/aromatic N) is 1. The number of methoxy groups -OCH3 is 1. The van der Waals surface area contributed by atoms with Crippen LogP contribution in [0.5, 0.6) is 11.5 Å². The van der Waals surface area contributed by atoms with Gasteiger partial charge in [-0.3, -0.25) is 4.90 Å². The second kappa shape index (κ2) is 9.09. The van der Waals surface area contributed by atoms with Crippen LogP contribution in [-0.4, -0.2) is 31.1 Å². The maximum atomic E-state index is 6.11. The Balaban J connectivity index is 0.00000225. The van der Waals surface area contributed by atoms with Gasteiger partial charge in [-0.1, -0.05) is 43.3 Å². The molecule has 2 N–H and O–H groups in total. The predicted molar refractivity (Wildman–Crippen MR) is 103 cm³/mol. The van der Waals surface area contributed by atoms with Crippen LogP contribution in [0.3, 0.4) is 0 Å². The molecular weight excluding hydrogens is 336 g/mol. The molecule has 136 valence electrons. The normalized spacial score (nSPS) is 20.1. The van der Waals surface area contributed by atoms with Crippen molar-refractivity contribution in [1.29, 1.82) is 0 Å². The van der Waals surface area contributed by atoms with E-state index < -0.39 is 0 Å². The van der Waals surface area contributed by atoms with Crippen LogP contribution in [0.4, 0.5) is 0 Å². The molecule has 2 atom stereocenters. The molecule has 0 amide bonds. The van der Waals surface area contributed by atoms with Crippen molar-refractivity contribution < 1.29 is 9.47 Å². The molecular formula is C20H27ClN2O2. The van der Waals surface area contributed by atoms with Gasteiger partial charge in [0.15, 0.2) is 11.5 Å². The van der Waals surface area contributed by atoms with Gasteiger partial charge < -0.3 is 15.2 Å². The lowest BCUT2D eigenvalue weighted by Gasteiger charge is -2.17. The molecule has 0 bridgehead atoms. The summed E-state index contributed by atoms with van der Waals surface area (Å²) in [7, 11) is 1.68. The zero-order valence-electron chi connectivity index (χ0n) is 14.9. The molecule has 0 saturated carbocycles. The summed E-state index contributed by atoms with van der Waals surface area (Å²) in [6.07, 6.45) is 0. The van der Waals surface area contributed by atoms with Gasteiger partial charge in [-0.25, -0.2) is 0 Å². The Morgan fingerprint density at radius 1 is 1.04 bits per heavy atom. The molecule has 25 heavy (non-hydrogen) atoms. The zero-order valence-corrected chi connectivity index (χ0v) is 15.7. The van der Waals surface area contributed by atoms with Crippen molar-refractivity contribution in [3.8, 4) is 11.5 Å². The number of benzene rings is 2. The third-order valence-corrected chi connectivity index (χ3v) is 4.62. The fourth-order valence-electron chi connectivity index (χ4n) is 3.15. The molecule has 0 aliphatic carbocycles. The summed E-state index contributed by atoms with van der Waals surface area (Å²) in [6.45, 7) is 5.65. The Morgan fingerprint density at radius 2 is 1.80 bits per heavy atom. The van der Waals surface area contributed by atoms with Gasteiger partial charge in [-0.2, -0.15) is 0 Å². The van der Waals surface area contributed by atoms with Crippen molar-refractivity contribution in [3.63, 3.8) is 0 Å². The van der Waals surface area contributed by atoms with Crippen LogP contribution in [0.15, 0.2) is 48.5 Å². The molecule has 0 aromatic heterocycles. The molecule has 2 aromatic carbocycles. The van der Waals surface area contributed by atoms with E-state index in [0.29, 0.717) is 12.5 Å². The average molecular weight is 363 g/mol. The van der Waals surface area contributed by atoms with E-state index in [1.54, 1.807) is 7.11 Å². The fourth-order valence-corrected chi connectivity index (χ4v) is 3.15. The quantitative estimate of drug-likeness (QED) is 0.854. The first kappa shape index (κ1) is 19.6. The third kappa shape index (κ3) is 5.11. The van der Waals surface area contributed by atoms with Crippen LogP contribution in [0.2, 0.25) is 0 Å². The van der Waals surface area contributed by atoms with E-state index in [2.05, 4.69) is 36.1 Å². The van der Waals surface area contributed by atoms with E-state index in [4.69, 9.17) is 15.2 Å². The molecule has 5 heteroatoms. The number of ether oxygens (including phenoxy) is 2. The van der Waals surface area contributed by atoms with E-state index in [-0.39, 0.29) is 18.4 Å². The average Bonchev–Trinajstić information content (AvgIpc) is 2.92. The number of nitrogens with two attached hydrogens (primary N) is 1. The first-order valence-electron chi connectivity index (χ1n) is 8.47. The molecule has 3 rings (SSSR count). The minimum Gasteiger partial charge on any atom is -0.493 e. The maximum absolute atomic E-state index is 6.11. The minimum atomic E-state index is 0. The highest BCUT2D eigenvalue weighted by molar-refractivity contribution is 5.85. The summed E-state index contributed by atoms with van der Waals surface area (Å²) in [6, 6.07) is 16.6. The molecule has 1 saturated heterocycles. The maximum Gasteiger partial charge on any atom is 0.161 e. The van der Waals surface area contributed by atoms with Crippen LogP contribution >= 0.6 is 12.4 Å². The van der Waals surface area contributed by atoms with E-state index in [0.717, 1.165) is 36.7 Å². The zero-order chi connectivity index (χ0) is 16.9. The summed E-state index contributed by atoms with van der Waals surface area (Å²) >= 11 is 0. The van der Waals surface area contributed by atoms with Gasteiger partial charge in [-0.15, -0.1) is 12.4 Å². The summed E-state index contributed by atoms with van der Waals surface area (Å²) in [5.74, 6) is 2.11. The van der Waals surface area contributed by atoms with E-state index in [1.165, 1.54) is 5.56 Å². The van der Waals surface area contributed by atoms with Crippen molar-refractivity contribution in [2.24, 2.45) is 11.7 Å². The van der Waals surface area contributed by atoms with Crippen molar-refractivity contribution in [2.45, 2.75) is 26.1 Å². The number of halogens is 1. The lowest BCUT2D eigenvalue weighted by Crippen LogP contribution is -2.28. The SMILES string of the molecule is COc1cc(CN2CC(C)C(N)C2)ccc1OCc1ccccc1.Cl. The van der Waals surface area contributed by atoms with Gasteiger partial charge in [0.05, 0.1) is 7.11 Å². The molecule has 1 heterocycles. The van der Waals surface area contributed by atoms with Gasteiger partial charge in [0, 0.05) is 25.7 Å². The monoisotopic (exact) mass is 362 g/mol. The van der Waals surface area contributed by atoms with Crippen molar-refractivity contribution in [3.05, 3.63) is 59.7 Å². The Bertz CT molecular complexity index is 656. The van der Waals surface area contributed by atoms with Gasteiger partial charge >= 0.3 is 0 Å². The Hall–Kier alpha value is -1.75. The van der Waals surface area contributed by atoms with Crippen LogP contribution < -0.4 is 15.2 Å². The largest absolute Gasteiger partial charge is 0.493 e. The lowest BCUT2D eigenvalue weighted by molar-refractivity contribution is 0.283. The second-order valence-electron chi connectivity index (χ2n) is 6.59. The van der Waals surface area contributed by atoms with E-state index in [9.17, 15) is 0 Å². The Morgan fingerprint density at radius 3 is 2.44 bits per heavy atom. The highest BCUT2D eigenvalue weighted by Crippen LogP contribution is 2.30. The molecule has 2 unspecified atom stereocenters. The Labute approximate surface area is 156 Å². The van der Waals surface area contributed by atoms with E-state index >= 15 is 0 Å². The summed E-state index contributed by atoms with van der Waals surface area (Å²) in [5.41, 5.74) is 8.48. The molecule has 2 aromatic rings. The van der Waals surface area contributed by atoms with Gasteiger partial charge in [-0.05, 0) is 29.2 Å². The van der Waals surface area contributed by atoms with Crippen LogP contribution in [0.25, 0.3) is 0 Å². The predicted octanol–water partition coefficient (Wildman–Crippen LogP) is 3.48. The van der Waals surface area contributed by atoms with Crippen LogP contribution in [-0.2, 0) is 13.2 Å². The molecule has 4 nitrogen and oxygen atoms in total. The van der Waals surface area contributed by atoms with Crippen LogP contribution in [0, 0.1) is 5.92 Å². The Kier molecular flexibility index (Phi) is 7.12. The van der Waals surface area contributed by atoms with Crippen molar-refractivity contribution >= 4 is 12.4 Å². The summed E-state index contributed by atoms with van der Waals surface area (Å²) < 4.78 is 11.4. The van der Waals surface area contributed by atoms with Crippen LogP contribution in [0.1, 0.15) is 18.1 Å². The van der Waals surface area contributed by atoms with Gasteiger partial charge in [0.1, 0.15) is 6.61 Å². The molecule has 1 aliphatic rings. The van der Waals surface area contributed by atoms with Gasteiger partial charge in [0.2, 0.25) is 0 Å².